The highest BCUT2D eigenvalue weighted by Crippen LogP contribution is 2.26. The van der Waals surface area contributed by atoms with Gasteiger partial charge in [0.2, 0.25) is 0 Å². The van der Waals surface area contributed by atoms with E-state index in [9.17, 15) is 0 Å². The quantitative estimate of drug-likeness (QED) is 0.846. The molecule has 0 radical (unpaired) electrons. The van der Waals surface area contributed by atoms with Gasteiger partial charge in [0, 0.05) is 18.6 Å². The number of benzene rings is 1. The van der Waals surface area contributed by atoms with Crippen molar-refractivity contribution in [3.8, 4) is 0 Å². The van der Waals surface area contributed by atoms with Crippen LogP contribution in [0.15, 0.2) is 18.2 Å². The van der Waals surface area contributed by atoms with Gasteiger partial charge in [0.05, 0.1) is 10.0 Å². The van der Waals surface area contributed by atoms with Gasteiger partial charge in [-0.2, -0.15) is 0 Å². The standard InChI is InChI=1S/C15H24Cl2N2/c1-10(2)15(9-19(4)5)18-11(3)12-6-7-13(16)14(17)8-12/h6-8,10-11,15,18H,9H2,1-5H3. The van der Waals surface area contributed by atoms with Gasteiger partial charge in [-0.25, -0.2) is 0 Å². The molecule has 0 saturated carbocycles. The van der Waals surface area contributed by atoms with Crippen LogP contribution >= 0.6 is 23.2 Å². The average Bonchev–Trinajstić information content (AvgIpc) is 2.31. The Morgan fingerprint density at radius 2 is 1.74 bits per heavy atom. The highest BCUT2D eigenvalue weighted by Gasteiger charge is 2.18. The maximum absolute atomic E-state index is 6.07. The molecule has 19 heavy (non-hydrogen) atoms. The third-order valence-electron chi connectivity index (χ3n) is 3.27. The second-order valence-electron chi connectivity index (χ2n) is 5.67. The summed E-state index contributed by atoms with van der Waals surface area (Å²) >= 11 is 12.0. The van der Waals surface area contributed by atoms with Crippen molar-refractivity contribution in [2.24, 2.45) is 5.92 Å². The molecule has 4 heteroatoms. The van der Waals surface area contributed by atoms with E-state index in [0.717, 1.165) is 6.54 Å². The summed E-state index contributed by atoms with van der Waals surface area (Å²) in [5.74, 6) is 0.577. The minimum atomic E-state index is 0.252. The third-order valence-corrected chi connectivity index (χ3v) is 4.01. The first kappa shape index (κ1) is 16.8. The zero-order chi connectivity index (χ0) is 14.6. The lowest BCUT2D eigenvalue weighted by Crippen LogP contribution is -2.43. The van der Waals surface area contributed by atoms with Crippen LogP contribution in [0.25, 0.3) is 0 Å². The largest absolute Gasteiger partial charge is 0.308 e. The smallest absolute Gasteiger partial charge is 0.0595 e. The van der Waals surface area contributed by atoms with E-state index < -0.39 is 0 Å². The molecule has 1 rings (SSSR count). The Labute approximate surface area is 127 Å². The van der Waals surface area contributed by atoms with Crippen LogP contribution in [0.2, 0.25) is 10.0 Å². The van der Waals surface area contributed by atoms with E-state index in [1.165, 1.54) is 5.56 Å². The molecule has 1 aromatic rings. The molecule has 108 valence electrons. The Morgan fingerprint density at radius 3 is 2.21 bits per heavy atom. The topological polar surface area (TPSA) is 15.3 Å². The Bertz CT molecular complexity index is 405. The fourth-order valence-electron chi connectivity index (χ4n) is 2.05. The van der Waals surface area contributed by atoms with Crippen LogP contribution in [-0.4, -0.2) is 31.6 Å². The first-order valence-electron chi connectivity index (χ1n) is 6.67. The van der Waals surface area contributed by atoms with Gasteiger partial charge in [-0.15, -0.1) is 0 Å². The van der Waals surface area contributed by atoms with Gasteiger partial charge in [0.25, 0.3) is 0 Å². The van der Waals surface area contributed by atoms with E-state index in [1.54, 1.807) is 0 Å². The van der Waals surface area contributed by atoms with Crippen molar-refractivity contribution in [3.05, 3.63) is 33.8 Å². The summed E-state index contributed by atoms with van der Waals surface area (Å²) in [6, 6.07) is 6.52. The maximum atomic E-state index is 6.07. The summed E-state index contributed by atoms with van der Waals surface area (Å²) in [6.45, 7) is 7.65. The van der Waals surface area contributed by atoms with E-state index in [4.69, 9.17) is 23.2 Å². The average molecular weight is 303 g/mol. The molecule has 0 aromatic heterocycles. The Hall–Kier alpha value is -0.280. The molecule has 2 nitrogen and oxygen atoms in total. The molecule has 0 bridgehead atoms. The molecular weight excluding hydrogens is 279 g/mol. The minimum absolute atomic E-state index is 0.252. The van der Waals surface area contributed by atoms with Crippen LogP contribution < -0.4 is 5.32 Å². The molecular formula is C15H24Cl2N2. The van der Waals surface area contributed by atoms with Gasteiger partial charge >= 0.3 is 0 Å². The van der Waals surface area contributed by atoms with E-state index >= 15 is 0 Å². The Balaban J connectivity index is 2.75. The summed E-state index contributed by atoms with van der Waals surface area (Å²) in [7, 11) is 4.20. The molecule has 0 fully saturated rings. The Morgan fingerprint density at radius 1 is 1.11 bits per heavy atom. The van der Waals surface area contributed by atoms with Crippen LogP contribution in [0.3, 0.4) is 0 Å². The van der Waals surface area contributed by atoms with E-state index in [0.29, 0.717) is 22.0 Å². The summed E-state index contributed by atoms with van der Waals surface area (Å²) in [5.41, 5.74) is 1.17. The number of hydrogen-bond donors (Lipinski definition) is 1. The van der Waals surface area contributed by atoms with Gasteiger partial charge < -0.3 is 10.2 Å². The van der Waals surface area contributed by atoms with E-state index in [-0.39, 0.29) is 6.04 Å². The molecule has 2 atom stereocenters. The van der Waals surface area contributed by atoms with Crippen molar-refractivity contribution in [1.82, 2.24) is 10.2 Å². The number of hydrogen-bond acceptors (Lipinski definition) is 2. The van der Waals surface area contributed by atoms with E-state index in [1.807, 2.05) is 18.2 Å². The first-order chi connectivity index (χ1) is 8.81. The SMILES string of the molecule is CC(NC(CN(C)C)C(C)C)c1ccc(Cl)c(Cl)c1. The fourth-order valence-corrected chi connectivity index (χ4v) is 2.35. The monoisotopic (exact) mass is 302 g/mol. The lowest BCUT2D eigenvalue weighted by atomic mass is 10.0. The molecule has 0 heterocycles. The number of halogens is 2. The second kappa shape index (κ2) is 7.49. The van der Waals surface area contributed by atoms with Crippen LogP contribution in [0.4, 0.5) is 0 Å². The van der Waals surface area contributed by atoms with E-state index in [2.05, 4.69) is 45.1 Å². The van der Waals surface area contributed by atoms with Crippen molar-refractivity contribution >= 4 is 23.2 Å². The number of rotatable bonds is 6. The number of nitrogens with one attached hydrogen (secondary N) is 1. The molecule has 0 aliphatic rings. The highest BCUT2D eigenvalue weighted by atomic mass is 35.5. The molecule has 0 saturated heterocycles. The Kier molecular flexibility index (Phi) is 6.61. The van der Waals surface area contributed by atoms with Crippen molar-refractivity contribution in [2.75, 3.05) is 20.6 Å². The van der Waals surface area contributed by atoms with Crippen molar-refractivity contribution < 1.29 is 0 Å². The molecule has 0 amide bonds. The van der Waals surface area contributed by atoms with Crippen LogP contribution in [0, 0.1) is 5.92 Å². The summed E-state index contributed by atoms with van der Waals surface area (Å²) in [6.07, 6.45) is 0. The van der Waals surface area contributed by atoms with Gasteiger partial charge in [-0.1, -0.05) is 43.1 Å². The van der Waals surface area contributed by atoms with Gasteiger partial charge in [-0.05, 0) is 44.6 Å². The molecule has 0 spiro atoms. The molecule has 2 unspecified atom stereocenters. The summed E-state index contributed by atoms with van der Waals surface area (Å²) in [4.78, 5) is 2.21. The summed E-state index contributed by atoms with van der Waals surface area (Å²) in [5, 5.41) is 4.88. The van der Waals surface area contributed by atoms with Crippen LogP contribution in [0.5, 0.6) is 0 Å². The second-order valence-corrected chi connectivity index (χ2v) is 6.49. The van der Waals surface area contributed by atoms with Crippen molar-refractivity contribution in [3.63, 3.8) is 0 Å². The predicted octanol–water partition coefficient (Wildman–Crippen LogP) is 4.23. The normalized spacial score (nSPS) is 15.0. The zero-order valence-corrected chi connectivity index (χ0v) is 13.9. The molecule has 1 N–H and O–H groups in total. The fraction of sp³-hybridized carbons (Fsp3) is 0.600. The first-order valence-corrected chi connectivity index (χ1v) is 7.42. The van der Waals surface area contributed by atoms with Gasteiger partial charge in [0.1, 0.15) is 0 Å². The lowest BCUT2D eigenvalue weighted by Gasteiger charge is -2.29. The molecule has 0 aliphatic carbocycles. The summed E-state index contributed by atoms with van der Waals surface area (Å²) < 4.78 is 0. The van der Waals surface area contributed by atoms with Crippen molar-refractivity contribution in [1.29, 1.82) is 0 Å². The molecule has 1 aromatic carbocycles. The van der Waals surface area contributed by atoms with Crippen LogP contribution in [-0.2, 0) is 0 Å². The molecule has 0 aliphatic heterocycles. The van der Waals surface area contributed by atoms with Gasteiger partial charge in [-0.3, -0.25) is 0 Å². The third kappa shape index (κ3) is 5.31. The number of nitrogens with zero attached hydrogens (tertiary/aromatic N) is 1. The van der Waals surface area contributed by atoms with Crippen molar-refractivity contribution in [2.45, 2.75) is 32.9 Å². The predicted molar refractivity (Wildman–Crippen MR) is 85.2 cm³/mol. The lowest BCUT2D eigenvalue weighted by molar-refractivity contribution is 0.273. The highest BCUT2D eigenvalue weighted by molar-refractivity contribution is 6.42. The van der Waals surface area contributed by atoms with Crippen LogP contribution in [0.1, 0.15) is 32.4 Å². The van der Waals surface area contributed by atoms with Gasteiger partial charge in [0.15, 0.2) is 0 Å². The number of likely N-dealkylation sites (N-methyl/N-ethyl adjacent to an activating group) is 1. The zero-order valence-electron chi connectivity index (χ0n) is 12.4. The maximum Gasteiger partial charge on any atom is 0.0595 e. The minimum Gasteiger partial charge on any atom is -0.308 e.